The lowest BCUT2D eigenvalue weighted by molar-refractivity contribution is 0.0596. The number of fused-ring (bicyclic) bond motifs is 1. The van der Waals surface area contributed by atoms with Crippen LogP contribution in [0.25, 0.3) is 10.8 Å². The number of hydrogen-bond acceptors (Lipinski definition) is 4. The number of rotatable bonds is 3. The normalized spacial score (nSPS) is 21.1. The topological polar surface area (TPSA) is 67.2 Å². The Balaban J connectivity index is 2.12. The lowest BCUT2D eigenvalue weighted by Crippen LogP contribution is -2.57. The molecule has 0 aliphatic carbocycles. The summed E-state index contributed by atoms with van der Waals surface area (Å²) in [4.78, 5) is 27.8. The summed E-state index contributed by atoms with van der Waals surface area (Å²) < 4.78 is 1.44. The Morgan fingerprint density at radius 3 is 2.64 bits per heavy atom. The van der Waals surface area contributed by atoms with E-state index in [4.69, 9.17) is 0 Å². The van der Waals surface area contributed by atoms with E-state index < -0.39 is 0 Å². The third-order valence-corrected chi connectivity index (χ3v) is 4.90. The molecule has 25 heavy (non-hydrogen) atoms. The van der Waals surface area contributed by atoms with Crippen molar-refractivity contribution in [2.75, 3.05) is 13.1 Å². The Kier molecular flexibility index (Phi) is 4.90. The third-order valence-electron chi connectivity index (χ3n) is 4.90. The Bertz CT molecular complexity index is 843. The first-order chi connectivity index (χ1) is 11.9. The zero-order valence-corrected chi connectivity index (χ0v) is 15.3. The van der Waals surface area contributed by atoms with Gasteiger partial charge >= 0.3 is 0 Å². The molecule has 2 heterocycles. The summed E-state index contributed by atoms with van der Waals surface area (Å²) in [5, 5.41) is 9.04. The van der Waals surface area contributed by atoms with Gasteiger partial charge in [-0.15, -0.1) is 0 Å². The zero-order chi connectivity index (χ0) is 18.1. The predicted molar refractivity (Wildman–Crippen MR) is 98.8 cm³/mol. The van der Waals surface area contributed by atoms with E-state index >= 15 is 0 Å². The average Bonchev–Trinajstić information content (AvgIpc) is 2.59. The van der Waals surface area contributed by atoms with E-state index in [1.54, 1.807) is 6.07 Å². The van der Waals surface area contributed by atoms with E-state index in [-0.39, 0.29) is 29.5 Å². The molecule has 2 aromatic rings. The molecule has 1 saturated heterocycles. The first-order valence-corrected chi connectivity index (χ1v) is 8.94. The Labute approximate surface area is 147 Å². The predicted octanol–water partition coefficient (Wildman–Crippen LogP) is 1.87. The number of aromatic nitrogens is 2. The lowest BCUT2D eigenvalue weighted by atomic mass is 10.0. The maximum absolute atomic E-state index is 13.2. The molecule has 1 N–H and O–H groups in total. The SMILES string of the molecule is CC(C)Cn1nc(C(=O)N2CCNC(C)C2C)c2ccccc2c1=O. The molecule has 1 amide bonds. The van der Waals surface area contributed by atoms with Gasteiger partial charge in [-0.25, -0.2) is 4.68 Å². The Hall–Kier alpha value is -2.21. The monoisotopic (exact) mass is 342 g/mol. The van der Waals surface area contributed by atoms with Gasteiger partial charge in [0.2, 0.25) is 0 Å². The van der Waals surface area contributed by atoms with Crippen LogP contribution in [0.15, 0.2) is 29.1 Å². The molecule has 0 bridgehead atoms. The molecule has 6 heteroatoms. The second-order valence-electron chi connectivity index (χ2n) is 7.26. The molecule has 1 aromatic heterocycles. The molecule has 2 atom stereocenters. The summed E-state index contributed by atoms with van der Waals surface area (Å²) in [6.45, 7) is 10.1. The molecule has 1 aliphatic heterocycles. The van der Waals surface area contributed by atoms with Gasteiger partial charge in [0, 0.05) is 37.1 Å². The highest BCUT2D eigenvalue weighted by molar-refractivity contribution is 6.04. The summed E-state index contributed by atoms with van der Waals surface area (Å²) in [5.74, 6) is 0.169. The number of nitrogens with one attached hydrogen (secondary N) is 1. The van der Waals surface area contributed by atoms with Gasteiger partial charge in [0.05, 0.1) is 5.39 Å². The second kappa shape index (κ2) is 6.96. The number of hydrogen-bond donors (Lipinski definition) is 1. The van der Waals surface area contributed by atoms with Crippen LogP contribution in [-0.2, 0) is 6.54 Å². The molecule has 1 aromatic carbocycles. The van der Waals surface area contributed by atoms with Crippen molar-refractivity contribution >= 4 is 16.7 Å². The molecule has 0 saturated carbocycles. The molecular formula is C19H26N4O2. The van der Waals surface area contributed by atoms with Gasteiger partial charge < -0.3 is 10.2 Å². The number of amides is 1. The first-order valence-electron chi connectivity index (χ1n) is 8.94. The molecule has 2 unspecified atom stereocenters. The van der Waals surface area contributed by atoms with E-state index in [9.17, 15) is 9.59 Å². The molecule has 0 spiro atoms. The van der Waals surface area contributed by atoms with Crippen LogP contribution in [0, 0.1) is 5.92 Å². The molecular weight excluding hydrogens is 316 g/mol. The number of nitrogens with zero attached hydrogens (tertiary/aromatic N) is 3. The number of benzene rings is 1. The van der Waals surface area contributed by atoms with Gasteiger partial charge in [-0.3, -0.25) is 9.59 Å². The quantitative estimate of drug-likeness (QED) is 0.925. The van der Waals surface area contributed by atoms with E-state index in [1.165, 1.54) is 4.68 Å². The van der Waals surface area contributed by atoms with Crippen molar-refractivity contribution in [2.45, 2.75) is 46.3 Å². The minimum absolute atomic E-state index is 0.0762. The van der Waals surface area contributed by atoms with E-state index in [0.717, 1.165) is 6.54 Å². The van der Waals surface area contributed by atoms with Crippen molar-refractivity contribution < 1.29 is 4.79 Å². The fraction of sp³-hybridized carbons (Fsp3) is 0.526. The minimum Gasteiger partial charge on any atom is -0.332 e. The second-order valence-corrected chi connectivity index (χ2v) is 7.26. The van der Waals surface area contributed by atoms with Gasteiger partial charge in [-0.2, -0.15) is 5.10 Å². The van der Waals surface area contributed by atoms with Crippen molar-refractivity contribution in [1.29, 1.82) is 0 Å². The number of carbonyl (C=O) groups excluding carboxylic acids is 1. The van der Waals surface area contributed by atoms with Crippen LogP contribution in [0.1, 0.15) is 38.2 Å². The van der Waals surface area contributed by atoms with Crippen LogP contribution in [0.5, 0.6) is 0 Å². The van der Waals surface area contributed by atoms with Crippen molar-refractivity contribution in [3.8, 4) is 0 Å². The summed E-state index contributed by atoms with van der Waals surface area (Å²) in [6, 6.07) is 7.56. The number of carbonyl (C=O) groups is 1. The van der Waals surface area contributed by atoms with Crippen molar-refractivity contribution in [2.24, 2.45) is 5.92 Å². The molecule has 1 aliphatic rings. The Morgan fingerprint density at radius 2 is 1.96 bits per heavy atom. The van der Waals surface area contributed by atoms with Crippen LogP contribution in [0.4, 0.5) is 0 Å². The van der Waals surface area contributed by atoms with Gasteiger partial charge in [-0.1, -0.05) is 32.0 Å². The van der Waals surface area contributed by atoms with Crippen LogP contribution < -0.4 is 10.9 Å². The lowest BCUT2D eigenvalue weighted by Gasteiger charge is -2.38. The molecule has 3 rings (SSSR count). The van der Waals surface area contributed by atoms with Crippen LogP contribution in [0.2, 0.25) is 0 Å². The van der Waals surface area contributed by atoms with Gasteiger partial charge in [0.1, 0.15) is 0 Å². The fourth-order valence-corrected chi connectivity index (χ4v) is 3.34. The maximum atomic E-state index is 13.2. The summed E-state index contributed by atoms with van der Waals surface area (Å²) in [6.07, 6.45) is 0. The summed E-state index contributed by atoms with van der Waals surface area (Å²) in [7, 11) is 0. The molecule has 1 fully saturated rings. The van der Waals surface area contributed by atoms with Gasteiger partial charge in [0.25, 0.3) is 11.5 Å². The fourth-order valence-electron chi connectivity index (χ4n) is 3.34. The largest absolute Gasteiger partial charge is 0.332 e. The van der Waals surface area contributed by atoms with Crippen LogP contribution in [-0.4, -0.2) is 45.8 Å². The standard InChI is InChI=1S/C19H26N4O2/c1-12(2)11-23-18(24)16-8-6-5-7-15(16)17(21-23)19(25)22-10-9-20-13(3)14(22)4/h5-8,12-14,20H,9-11H2,1-4H3. The van der Waals surface area contributed by atoms with E-state index in [0.29, 0.717) is 29.6 Å². The summed E-state index contributed by atoms with van der Waals surface area (Å²) in [5.41, 5.74) is 0.236. The van der Waals surface area contributed by atoms with Gasteiger partial charge in [0.15, 0.2) is 5.69 Å². The molecule has 0 radical (unpaired) electrons. The highest BCUT2D eigenvalue weighted by Gasteiger charge is 2.31. The van der Waals surface area contributed by atoms with Crippen LogP contribution >= 0.6 is 0 Å². The average molecular weight is 342 g/mol. The zero-order valence-electron chi connectivity index (χ0n) is 15.3. The minimum atomic E-state index is -0.137. The smallest absolute Gasteiger partial charge is 0.275 e. The summed E-state index contributed by atoms with van der Waals surface area (Å²) >= 11 is 0. The van der Waals surface area contributed by atoms with Gasteiger partial charge in [-0.05, 0) is 25.8 Å². The van der Waals surface area contributed by atoms with Crippen LogP contribution in [0.3, 0.4) is 0 Å². The van der Waals surface area contributed by atoms with Crippen molar-refractivity contribution in [3.05, 3.63) is 40.3 Å². The molecule has 6 nitrogen and oxygen atoms in total. The highest BCUT2D eigenvalue weighted by Crippen LogP contribution is 2.19. The first kappa shape index (κ1) is 17.6. The third kappa shape index (κ3) is 3.31. The van der Waals surface area contributed by atoms with Crippen molar-refractivity contribution in [1.82, 2.24) is 20.0 Å². The number of piperazine rings is 1. The van der Waals surface area contributed by atoms with E-state index in [1.807, 2.05) is 43.9 Å². The molecule has 134 valence electrons. The Morgan fingerprint density at radius 1 is 1.28 bits per heavy atom. The van der Waals surface area contributed by atoms with E-state index in [2.05, 4.69) is 17.3 Å². The highest BCUT2D eigenvalue weighted by atomic mass is 16.2. The maximum Gasteiger partial charge on any atom is 0.275 e. The van der Waals surface area contributed by atoms with Crippen molar-refractivity contribution in [3.63, 3.8) is 0 Å².